The van der Waals surface area contributed by atoms with Gasteiger partial charge in [0.1, 0.15) is 6.61 Å². The van der Waals surface area contributed by atoms with E-state index in [1.165, 1.54) is 11.8 Å². The Morgan fingerprint density at radius 1 is 1.09 bits per heavy atom. The number of benzene rings is 2. The van der Waals surface area contributed by atoms with Crippen LogP contribution in [-0.2, 0) is 11.4 Å². The lowest BCUT2D eigenvalue weighted by molar-refractivity contribution is -0.113. The number of carbonyl (C=O) groups is 1. The van der Waals surface area contributed by atoms with Crippen LogP contribution in [0.25, 0.3) is 6.08 Å². The van der Waals surface area contributed by atoms with Gasteiger partial charge in [0.25, 0.3) is 5.91 Å². The second-order valence-corrected chi connectivity index (χ2v) is 8.56. The largest absolute Gasteiger partial charge is 0.493 e. The molecule has 1 N–H and O–H groups in total. The number of amidine groups is 1. The van der Waals surface area contributed by atoms with Gasteiger partial charge in [0.05, 0.1) is 18.6 Å². The number of aliphatic hydroxyl groups excluding tert-OH is 1. The van der Waals surface area contributed by atoms with Crippen LogP contribution in [0.5, 0.6) is 11.5 Å². The van der Waals surface area contributed by atoms with Crippen molar-refractivity contribution in [2.75, 3.05) is 46.4 Å². The van der Waals surface area contributed by atoms with Gasteiger partial charge in [0.2, 0.25) is 0 Å². The van der Waals surface area contributed by atoms with Gasteiger partial charge in [-0.25, -0.2) is 0 Å². The van der Waals surface area contributed by atoms with Crippen LogP contribution in [0, 0.1) is 0 Å². The minimum atomic E-state index is -0.217. The number of hydrogen-bond donors (Lipinski definition) is 1. The fourth-order valence-corrected chi connectivity index (χ4v) is 4.58. The van der Waals surface area contributed by atoms with Crippen molar-refractivity contribution in [2.45, 2.75) is 6.61 Å². The van der Waals surface area contributed by atoms with E-state index in [1.807, 2.05) is 54.6 Å². The Morgan fingerprint density at radius 3 is 2.59 bits per heavy atom. The topological polar surface area (TPSA) is 74.6 Å². The van der Waals surface area contributed by atoms with Crippen LogP contribution in [0.2, 0.25) is 0 Å². The smallest absolute Gasteiger partial charge is 0.286 e. The Balaban J connectivity index is 1.40. The molecule has 2 heterocycles. The maximum absolute atomic E-state index is 12.5. The summed E-state index contributed by atoms with van der Waals surface area (Å²) in [4.78, 5) is 21.7. The molecule has 0 bridgehead atoms. The fraction of sp³-hybridized carbons (Fsp3) is 0.333. The zero-order valence-electron chi connectivity index (χ0n) is 18.1. The zero-order valence-corrected chi connectivity index (χ0v) is 18.9. The van der Waals surface area contributed by atoms with Crippen molar-refractivity contribution in [2.24, 2.45) is 4.99 Å². The molecule has 2 aliphatic heterocycles. The number of nitrogens with zero attached hydrogens (tertiary/aromatic N) is 3. The van der Waals surface area contributed by atoms with E-state index in [0.717, 1.165) is 42.5 Å². The van der Waals surface area contributed by atoms with Gasteiger partial charge in [0.15, 0.2) is 16.7 Å². The minimum Gasteiger partial charge on any atom is -0.493 e. The molecule has 0 spiro atoms. The third-order valence-electron chi connectivity index (χ3n) is 5.39. The average molecular weight is 454 g/mol. The Kier molecular flexibility index (Phi) is 7.47. The Bertz CT molecular complexity index is 1000. The molecule has 1 amide bonds. The van der Waals surface area contributed by atoms with Crippen LogP contribution in [0.1, 0.15) is 11.1 Å². The summed E-state index contributed by atoms with van der Waals surface area (Å²) in [5, 5.41) is 9.84. The molecule has 2 aromatic carbocycles. The minimum absolute atomic E-state index is 0.167. The van der Waals surface area contributed by atoms with Gasteiger partial charge < -0.3 is 19.5 Å². The molecule has 0 aliphatic carbocycles. The maximum atomic E-state index is 12.5. The van der Waals surface area contributed by atoms with E-state index < -0.39 is 0 Å². The summed E-state index contributed by atoms with van der Waals surface area (Å²) in [5.74, 6) is 1.06. The van der Waals surface area contributed by atoms with E-state index in [9.17, 15) is 4.79 Å². The molecule has 0 atom stereocenters. The van der Waals surface area contributed by atoms with Crippen molar-refractivity contribution >= 4 is 28.9 Å². The number of hydrogen-bond acceptors (Lipinski definition) is 7. The summed E-state index contributed by atoms with van der Waals surface area (Å²) in [6, 6.07) is 15.6. The van der Waals surface area contributed by atoms with Crippen LogP contribution in [0.15, 0.2) is 58.4 Å². The molecule has 1 saturated heterocycles. The lowest BCUT2D eigenvalue weighted by Gasteiger charge is -2.34. The molecule has 0 radical (unpaired) electrons. The summed E-state index contributed by atoms with van der Waals surface area (Å²) in [5.41, 5.74) is 1.93. The molecule has 1 fully saturated rings. The van der Waals surface area contributed by atoms with Crippen molar-refractivity contribution < 1.29 is 19.4 Å². The molecule has 0 unspecified atom stereocenters. The summed E-state index contributed by atoms with van der Waals surface area (Å²) in [6.07, 6.45) is 1.84. The predicted octanol–water partition coefficient (Wildman–Crippen LogP) is 2.85. The molecule has 8 heteroatoms. The highest BCUT2D eigenvalue weighted by atomic mass is 32.2. The standard InChI is InChI=1S/C24H27N3O4S/c1-30-21-15-19(7-8-20(21)31-17-18-5-3-2-4-6-18)16-22-23(29)25-24(32-22)27-11-9-26(10-12-27)13-14-28/h2-8,15-16,28H,9-14,17H2,1H3/b22-16-. The molecule has 0 aromatic heterocycles. The molecule has 7 nitrogen and oxygen atoms in total. The van der Waals surface area contributed by atoms with E-state index in [4.69, 9.17) is 14.6 Å². The second-order valence-electron chi connectivity index (χ2n) is 7.55. The van der Waals surface area contributed by atoms with Crippen LogP contribution in [0.4, 0.5) is 0 Å². The Hall–Kier alpha value is -2.81. The van der Waals surface area contributed by atoms with Gasteiger partial charge in [-0.2, -0.15) is 4.99 Å². The number of ether oxygens (including phenoxy) is 2. The lowest BCUT2D eigenvalue weighted by atomic mass is 10.2. The fourth-order valence-electron chi connectivity index (χ4n) is 3.62. The molecule has 168 valence electrons. The molecule has 2 aromatic rings. The van der Waals surface area contributed by atoms with Crippen molar-refractivity contribution in [3.63, 3.8) is 0 Å². The van der Waals surface area contributed by atoms with Crippen molar-refractivity contribution in [1.29, 1.82) is 0 Å². The van der Waals surface area contributed by atoms with E-state index in [-0.39, 0.29) is 12.5 Å². The number of carbonyl (C=O) groups excluding carboxylic acids is 1. The first-order valence-corrected chi connectivity index (χ1v) is 11.4. The predicted molar refractivity (Wildman–Crippen MR) is 127 cm³/mol. The third kappa shape index (κ3) is 5.51. The molecular formula is C24H27N3O4S. The summed E-state index contributed by atoms with van der Waals surface area (Å²) < 4.78 is 11.4. The summed E-state index contributed by atoms with van der Waals surface area (Å²) in [7, 11) is 1.61. The Labute approximate surface area is 192 Å². The number of aliphatic hydroxyl groups is 1. The highest BCUT2D eigenvalue weighted by Gasteiger charge is 2.28. The normalized spacial score (nSPS) is 18.2. The maximum Gasteiger partial charge on any atom is 0.286 e. The van der Waals surface area contributed by atoms with Crippen molar-refractivity contribution in [1.82, 2.24) is 9.80 Å². The lowest BCUT2D eigenvalue weighted by Crippen LogP contribution is -2.48. The second kappa shape index (κ2) is 10.7. The highest BCUT2D eigenvalue weighted by Crippen LogP contribution is 2.34. The molecule has 32 heavy (non-hydrogen) atoms. The van der Waals surface area contributed by atoms with Gasteiger partial charge in [-0.1, -0.05) is 36.4 Å². The Morgan fingerprint density at radius 2 is 1.88 bits per heavy atom. The van der Waals surface area contributed by atoms with E-state index in [1.54, 1.807) is 7.11 Å². The van der Waals surface area contributed by atoms with E-state index in [0.29, 0.717) is 29.6 Å². The molecule has 2 aliphatic rings. The van der Waals surface area contributed by atoms with Crippen LogP contribution in [-0.4, -0.2) is 72.4 Å². The quantitative estimate of drug-likeness (QED) is 0.646. The van der Waals surface area contributed by atoms with E-state index >= 15 is 0 Å². The van der Waals surface area contributed by atoms with Crippen LogP contribution in [0.3, 0.4) is 0 Å². The first-order valence-electron chi connectivity index (χ1n) is 10.6. The number of rotatable bonds is 7. The third-order valence-corrected chi connectivity index (χ3v) is 6.44. The van der Waals surface area contributed by atoms with Gasteiger partial charge in [-0.05, 0) is 41.1 Å². The molecule has 4 rings (SSSR count). The van der Waals surface area contributed by atoms with Crippen LogP contribution < -0.4 is 9.47 Å². The van der Waals surface area contributed by atoms with Gasteiger partial charge >= 0.3 is 0 Å². The number of aliphatic imine (C=N–C) groups is 1. The van der Waals surface area contributed by atoms with Gasteiger partial charge in [-0.3, -0.25) is 9.69 Å². The van der Waals surface area contributed by atoms with Crippen molar-refractivity contribution in [3.05, 3.63) is 64.6 Å². The van der Waals surface area contributed by atoms with Crippen molar-refractivity contribution in [3.8, 4) is 11.5 Å². The monoisotopic (exact) mass is 453 g/mol. The number of thioether (sulfide) groups is 1. The molecule has 0 saturated carbocycles. The summed E-state index contributed by atoms with van der Waals surface area (Å²) in [6.45, 7) is 4.62. The van der Waals surface area contributed by atoms with Crippen LogP contribution >= 0.6 is 11.8 Å². The first-order chi connectivity index (χ1) is 15.7. The number of amides is 1. The average Bonchev–Trinajstić information content (AvgIpc) is 3.19. The number of methoxy groups -OCH3 is 1. The van der Waals surface area contributed by atoms with Gasteiger partial charge in [0, 0.05) is 32.7 Å². The van der Waals surface area contributed by atoms with E-state index in [2.05, 4.69) is 14.8 Å². The summed E-state index contributed by atoms with van der Waals surface area (Å²) >= 11 is 1.41. The first kappa shape index (κ1) is 22.4. The number of piperazine rings is 1. The highest BCUT2D eigenvalue weighted by molar-refractivity contribution is 8.18. The molecular weight excluding hydrogens is 426 g/mol. The SMILES string of the molecule is COc1cc(/C=C2\SC(N3CCN(CCO)CC3)=NC2=O)ccc1OCc1ccccc1. The number of β-amino-alcohol motifs (C(OH)–C–C–N with tert-alkyl or cyclic N) is 1. The zero-order chi connectivity index (χ0) is 22.3. The van der Waals surface area contributed by atoms with Gasteiger partial charge in [-0.15, -0.1) is 0 Å².